The molecule has 2 aromatic rings. The molecule has 1 aliphatic heterocycles. The minimum absolute atomic E-state index is 0.159. The molecular weight excluding hydrogens is 394 g/mol. The first-order chi connectivity index (χ1) is 12.9. The summed E-state index contributed by atoms with van der Waals surface area (Å²) in [7, 11) is 0. The van der Waals surface area contributed by atoms with E-state index in [1.807, 2.05) is 0 Å². The Kier molecular flexibility index (Phi) is 6.31. The van der Waals surface area contributed by atoms with Crippen molar-refractivity contribution in [3.05, 3.63) is 69.5 Å². The van der Waals surface area contributed by atoms with Crippen molar-refractivity contribution < 1.29 is 18.7 Å². The number of morpholine rings is 1. The van der Waals surface area contributed by atoms with E-state index in [0.717, 1.165) is 5.56 Å². The van der Waals surface area contributed by atoms with Crippen LogP contribution < -0.4 is 5.32 Å². The van der Waals surface area contributed by atoms with Gasteiger partial charge in [0.05, 0.1) is 30.3 Å². The van der Waals surface area contributed by atoms with Crippen molar-refractivity contribution in [2.45, 2.75) is 6.10 Å². The van der Waals surface area contributed by atoms with Crippen LogP contribution >= 0.6 is 23.2 Å². The van der Waals surface area contributed by atoms with Gasteiger partial charge in [0.1, 0.15) is 11.9 Å². The highest BCUT2D eigenvalue weighted by Crippen LogP contribution is 2.23. The average molecular weight is 411 g/mol. The fourth-order valence-corrected chi connectivity index (χ4v) is 3.29. The van der Waals surface area contributed by atoms with Crippen LogP contribution in [0.3, 0.4) is 0 Å². The van der Waals surface area contributed by atoms with Gasteiger partial charge < -0.3 is 15.0 Å². The predicted molar refractivity (Wildman–Crippen MR) is 100 cm³/mol. The van der Waals surface area contributed by atoms with E-state index in [2.05, 4.69) is 5.32 Å². The lowest BCUT2D eigenvalue weighted by Gasteiger charge is -2.33. The molecule has 0 aliphatic carbocycles. The van der Waals surface area contributed by atoms with Gasteiger partial charge in [-0.2, -0.15) is 0 Å². The number of rotatable bonds is 4. The molecule has 0 spiro atoms. The molecule has 5 nitrogen and oxygen atoms in total. The highest BCUT2D eigenvalue weighted by Gasteiger charge is 2.25. The molecule has 0 bridgehead atoms. The lowest BCUT2D eigenvalue weighted by molar-refractivity contribution is -0.137. The molecule has 142 valence electrons. The Labute approximate surface area is 166 Å². The monoisotopic (exact) mass is 410 g/mol. The fraction of sp³-hybridized carbons (Fsp3) is 0.263. The lowest BCUT2D eigenvalue weighted by atomic mass is 10.1. The van der Waals surface area contributed by atoms with Crippen LogP contribution in [-0.2, 0) is 9.53 Å². The quantitative estimate of drug-likeness (QED) is 0.839. The summed E-state index contributed by atoms with van der Waals surface area (Å²) in [6, 6.07) is 10.5. The topological polar surface area (TPSA) is 58.6 Å². The van der Waals surface area contributed by atoms with E-state index in [9.17, 15) is 14.0 Å². The first-order valence-corrected chi connectivity index (χ1v) is 9.07. The Balaban J connectivity index is 1.57. The SMILES string of the molecule is O=C(NCC(=O)N1CCOC(c2ccc(F)cc2)C1)c1ccc(Cl)cc1Cl. The molecule has 3 rings (SSSR count). The predicted octanol–water partition coefficient (Wildman–Crippen LogP) is 3.46. The third-order valence-corrected chi connectivity index (χ3v) is 4.78. The van der Waals surface area contributed by atoms with Crippen molar-refractivity contribution in [3.8, 4) is 0 Å². The van der Waals surface area contributed by atoms with E-state index in [-0.39, 0.29) is 35.0 Å². The van der Waals surface area contributed by atoms with Gasteiger partial charge in [0.2, 0.25) is 5.91 Å². The maximum atomic E-state index is 13.1. The second kappa shape index (κ2) is 8.69. The number of halogens is 3. The number of hydrogen-bond donors (Lipinski definition) is 1. The van der Waals surface area contributed by atoms with Gasteiger partial charge in [0.25, 0.3) is 5.91 Å². The lowest BCUT2D eigenvalue weighted by Crippen LogP contribution is -2.46. The fourth-order valence-electron chi connectivity index (χ4n) is 2.79. The Hall–Kier alpha value is -2.15. The standard InChI is InChI=1S/C19H17Cl2FN2O3/c20-13-3-6-15(16(21)9-13)19(26)23-10-18(25)24-7-8-27-17(11-24)12-1-4-14(22)5-2-12/h1-6,9,17H,7-8,10-11H2,(H,23,26). The van der Waals surface area contributed by atoms with Gasteiger partial charge in [-0.25, -0.2) is 4.39 Å². The smallest absolute Gasteiger partial charge is 0.253 e. The molecule has 0 saturated carbocycles. The van der Waals surface area contributed by atoms with E-state index < -0.39 is 5.91 Å². The normalized spacial score (nSPS) is 16.9. The summed E-state index contributed by atoms with van der Waals surface area (Å²) in [6.45, 7) is 0.967. The van der Waals surface area contributed by atoms with Gasteiger partial charge in [-0.05, 0) is 35.9 Å². The van der Waals surface area contributed by atoms with Crippen LogP contribution in [0.1, 0.15) is 22.0 Å². The van der Waals surface area contributed by atoms with Gasteiger partial charge in [0.15, 0.2) is 0 Å². The van der Waals surface area contributed by atoms with E-state index in [1.165, 1.54) is 24.3 Å². The van der Waals surface area contributed by atoms with Gasteiger partial charge in [-0.15, -0.1) is 0 Å². The van der Waals surface area contributed by atoms with Crippen molar-refractivity contribution in [1.82, 2.24) is 10.2 Å². The first kappa shape index (κ1) is 19.6. The van der Waals surface area contributed by atoms with E-state index in [1.54, 1.807) is 23.1 Å². The number of ether oxygens (including phenoxy) is 1. The van der Waals surface area contributed by atoms with Crippen LogP contribution in [0.15, 0.2) is 42.5 Å². The van der Waals surface area contributed by atoms with Crippen molar-refractivity contribution in [1.29, 1.82) is 0 Å². The van der Waals surface area contributed by atoms with Crippen LogP contribution in [0.4, 0.5) is 4.39 Å². The summed E-state index contributed by atoms with van der Waals surface area (Å²) >= 11 is 11.8. The summed E-state index contributed by atoms with van der Waals surface area (Å²) < 4.78 is 18.7. The number of hydrogen-bond acceptors (Lipinski definition) is 3. The second-order valence-corrected chi connectivity index (χ2v) is 6.90. The van der Waals surface area contributed by atoms with Gasteiger partial charge >= 0.3 is 0 Å². The Morgan fingerprint density at radius 2 is 1.93 bits per heavy atom. The maximum absolute atomic E-state index is 13.1. The number of benzene rings is 2. The summed E-state index contributed by atoms with van der Waals surface area (Å²) in [5, 5.41) is 3.21. The molecule has 1 fully saturated rings. The third kappa shape index (κ3) is 4.97. The largest absolute Gasteiger partial charge is 0.370 e. The van der Waals surface area contributed by atoms with Crippen LogP contribution in [0, 0.1) is 5.82 Å². The Morgan fingerprint density at radius 1 is 1.19 bits per heavy atom. The molecule has 1 N–H and O–H groups in total. The van der Waals surface area contributed by atoms with Gasteiger partial charge in [-0.1, -0.05) is 35.3 Å². The van der Waals surface area contributed by atoms with Crippen LogP contribution in [0.2, 0.25) is 10.0 Å². The Morgan fingerprint density at radius 3 is 2.63 bits per heavy atom. The molecular formula is C19H17Cl2FN2O3. The van der Waals surface area contributed by atoms with Crippen LogP contribution in [0.5, 0.6) is 0 Å². The van der Waals surface area contributed by atoms with E-state index >= 15 is 0 Å². The zero-order chi connectivity index (χ0) is 19.4. The molecule has 8 heteroatoms. The van der Waals surface area contributed by atoms with Crippen molar-refractivity contribution in [2.75, 3.05) is 26.2 Å². The highest BCUT2D eigenvalue weighted by atomic mass is 35.5. The second-order valence-electron chi connectivity index (χ2n) is 6.06. The summed E-state index contributed by atoms with van der Waals surface area (Å²) in [5.41, 5.74) is 1.05. The van der Waals surface area contributed by atoms with Gasteiger partial charge in [0, 0.05) is 11.6 Å². The zero-order valence-corrected chi connectivity index (χ0v) is 15.8. The van der Waals surface area contributed by atoms with Crippen molar-refractivity contribution in [3.63, 3.8) is 0 Å². The molecule has 1 saturated heterocycles. The maximum Gasteiger partial charge on any atom is 0.253 e. The molecule has 0 radical (unpaired) electrons. The number of carbonyl (C=O) groups excluding carboxylic acids is 2. The Bertz CT molecular complexity index is 845. The highest BCUT2D eigenvalue weighted by molar-refractivity contribution is 6.36. The molecule has 0 aromatic heterocycles. The van der Waals surface area contributed by atoms with Crippen LogP contribution in [0.25, 0.3) is 0 Å². The zero-order valence-electron chi connectivity index (χ0n) is 14.3. The molecule has 1 unspecified atom stereocenters. The molecule has 2 amide bonds. The number of amides is 2. The summed E-state index contributed by atoms with van der Waals surface area (Å²) in [5.74, 6) is -1.01. The minimum Gasteiger partial charge on any atom is -0.370 e. The number of nitrogens with zero attached hydrogens (tertiary/aromatic N) is 1. The van der Waals surface area contributed by atoms with Crippen molar-refractivity contribution in [2.24, 2.45) is 0 Å². The molecule has 2 aromatic carbocycles. The molecule has 1 aliphatic rings. The van der Waals surface area contributed by atoms with Crippen LogP contribution in [-0.4, -0.2) is 43.0 Å². The van der Waals surface area contributed by atoms with E-state index in [0.29, 0.717) is 24.7 Å². The third-order valence-electron chi connectivity index (χ3n) is 4.24. The molecule has 1 heterocycles. The van der Waals surface area contributed by atoms with Crippen molar-refractivity contribution >= 4 is 35.0 Å². The minimum atomic E-state index is -0.451. The summed E-state index contributed by atoms with van der Waals surface area (Å²) in [6.07, 6.45) is -0.329. The van der Waals surface area contributed by atoms with Gasteiger partial charge in [-0.3, -0.25) is 9.59 Å². The summed E-state index contributed by atoms with van der Waals surface area (Å²) in [4.78, 5) is 26.3. The number of carbonyl (C=O) groups is 2. The average Bonchev–Trinajstić information content (AvgIpc) is 2.66. The molecule has 1 atom stereocenters. The first-order valence-electron chi connectivity index (χ1n) is 8.32. The van der Waals surface area contributed by atoms with E-state index in [4.69, 9.17) is 27.9 Å². The molecule has 27 heavy (non-hydrogen) atoms. The number of nitrogens with one attached hydrogen (secondary N) is 1.